The van der Waals surface area contributed by atoms with Crippen LogP contribution < -0.4 is 10.2 Å². The molecule has 0 aliphatic carbocycles. The number of nitrogens with one attached hydrogen (secondary N) is 1. The number of rotatable bonds is 7. The molecule has 0 unspecified atom stereocenters. The molecule has 1 aromatic carbocycles. The number of aromatic nitrogens is 3. The Hall–Kier alpha value is -2.98. The van der Waals surface area contributed by atoms with Crippen LogP contribution in [0, 0.1) is 12.7 Å². The Balaban J connectivity index is 1.68. The fraction of sp³-hybridized carbons (Fsp3) is 0.409. The molecular formula is C22H24F3N5O2. The van der Waals surface area contributed by atoms with Crippen LogP contribution in [0.15, 0.2) is 30.5 Å². The number of anilines is 2. The molecule has 1 aliphatic heterocycles. The number of β-amino-alcohol motifs (C(OH)–C–C–N with tert-alkyl or cyclic N) is 1. The van der Waals surface area contributed by atoms with Crippen LogP contribution in [0.5, 0.6) is 0 Å². The summed E-state index contributed by atoms with van der Waals surface area (Å²) in [6.45, 7) is 3.55. The quantitative estimate of drug-likeness (QED) is 0.573. The van der Waals surface area contributed by atoms with Gasteiger partial charge in [-0.05, 0) is 26.0 Å². The standard InChI is InChI=1S/C22H24F3N5O2/c1-12(16-5-4-6-18(19(16)23)22(24,25)11-32-3)27-21-17-7-14(30-9-15(31)10-30)8-26-20(17)13(2)28-29-21/h4-8,12,15,31H,9-11H2,1-3H3,(H,27,29)/t12-/m1/s1. The molecule has 2 aromatic heterocycles. The number of pyridine rings is 1. The molecule has 1 fully saturated rings. The topological polar surface area (TPSA) is 83.4 Å². The minimum absolute atomic E-state index is 0.0729. The molecule has 1 saturated heterocycles. The van der Waals surface area contributed by atoms with Gasteiger partial charge in [-0.15, -0.1) is 5.10 Å². The van der Waals surface area contributed by atoms with Crippen molar-refractivity contribution in [3.8, 4) is 0 Å². The van der Waals surface area contributed by atoms with Crippen LogP contribution in [0.4, 0.5) is 24.7 Å². The fourth-order valence-electron chi connectivity index (χ4n) is 3.80. The van der Waals surface area contributed by atoms with E-state index >= 15 is 4.39 Å². The summed E-state index contributed by atoms with van der Waals surface area (Å²) in [7, 11) is 1.14. The maximum absolute atomic E-state index is 15.0. The lowest BCUT2D eigenvalue weighted by Gasteiger charge is -2.37. The number of ether oxygens (including phenoxy) is 1. The lowest BCUT2D eigenvalue weighted by Crippen LogP contribution is -2.50. The Bertz CT molecular complexity index is 1140. The molecule has 10 heteroatoms. The zero-order chi connectivity index (χ0) is 23.0. The third-order valence-electron chi connectivity index (χ3n) is 5.57. The highest BCUT2D eigenvalue weighted by Gasteiger charge is 2.36. The third kappa shape index (κ3) is 4.07. The highest BCUT2D eigenvalue weighted by molar-refractivity contribution is 5.92. The first-order valence-corrected chi connectivity index (χ1v) is 10.2. The van der Waals surface area contributed by atoms with Crippen molar-refractivity contribution in [3.63, 3.8) is 0 Å². The summed E-state index contributed by atoms with van der Waals surface area (Å²) in [5.41, 5.74) is 1.42. The number of halogens is 3. The smallest absolute Gasteiger partial charge is 0.298 e. The molecule has 3 heterocycles. The van der Waals surface area contributed by atoms with Crippen LogP contribution in [-0.4, -0.2) is 53.2 Å². The van der Waals surface area contributed by atoms with E-state index in [1.165, 1.54) is 12.1 Å². The van der Waals surface area contributed by atoms with Gasteiger partial charge in [-0.25, -0.2) is 4.39 Å². The second-order valence-electron chi connectivity index (χ2n) is 7.99. The van der Waals surface area contributed by atoms with Gasteiger partial charge in [0, 0.05) is 31.1 Å². The van der Waals surface area contributed by atoms with Crippen LogP contribution in [-0.2, 0) is 10.7 Å². The van der Waals surface area contributed by atoms with Crippen molar-refractivity contribution in [2.24, 2.45) is 0 Å². The highest BCUT2D eigenvalue weighted by atomic mass is 19.3. The van der Waals surface area contributed by atoms with E-state index in [0.717, 1.165) is 18.9 Å². The number of aliphatic hydroxyl groups is 1. The largest absolute Gasteiger partial charge is 0.389 e. The van der Waals surface area contributed by atoms with Crippen molar-refractivity contribution in [1.29, 1.82) is 0 Å². The Kier molecular flexibility index (Phi) is 5.91. The van der Waals surface area contributed by atoms with Gasteiger partial charge in [-0.2, -0.15) is 13.9 Å². The predicted molar refractivity (Wildman–Crippen MR) is 114 cm³/mol. The summed E-state index contributed by atoms with van der Waals surface area (Å²) in [5, 5.41) is 21.7. The minimum Gasteiger partial charge on any atom is -0.389 e. The third-order valence-corrected chi connectivity index (χ3v) is 5.57. The normalized spacial score (nSPS) is 15.7. The number of methoxy groups -OCH3 is 1. The summed E-state index contributed by atoms with van der Waals surface area (Å²) in [4.78, 5) is 6.45. The van der Waals surface area contributed by atoms with E-state index in [9.17, 15) is 13.9 Å². The predicted octanol–water partition coefficient (Wildman–Crippen LogP) is 3.56. The Morgan fingerprint density at radius 1 is 1.31 bits per heavy atom. The second-order valence-corrected chi connectivity index (χ2v) is 7.99. The van der Waals surface area contributed by atoms with E-state index in [4.69, 9.17) is 0 Å². The maximum atomic E-state index is 15.0. The van der Waals surface area contributed by atoms with E-state index in [2.05, 4.69) is 25.2 Å². The fourth-order valence-corrected chi connectivity index (χ4v) is 3.80. The van der Waals surface area contributed by atoms with Gasteiger partial charge in [0.2, 0.25) is 0 Å². The van der Waals surface area contributed by atoms with Gasteiger partial charge in [0.15, 0.2) is 5.82 Å². The SMILES string of the molecule is COCC(F)(F)c1cccc([C@@H](C)Nc2nnc(C)c3ncc(N4CC(O)C4)cc23)c1F. The first-order chi connectivity index (χ1) is 15.2. The van der Waals surface area contributed by atoms with Crippen molar-refractivity contribution < 1.29 is 23.0 Å². The molecule has 3 aromatic rings. The number of nitrogens with zero attached hydrogens (tertiary/aromatic N) is 4. The molecule has 7 nitrogen and oxygen atoms in total. The number of benzene rings is 1. The van der Waals surface area contributed by atoms with Gasteiger partial charge in [-0.1, -0.05) is 12.1 Å². The Morgan fingerprint density at radius 3 is 2.75 bits per heavy atom. The maximum Gasteiger partial charge on any atom is 0.298 e. The van der Waals surface area contributed by atoms with Gasteiger partial charge in [0.05, 0.1) is 40.8 Å². The first kappa shape index (κ1) is 22.2. The van der Waals surface area contributed by atoms with Gasteiger partial charge in [0.25, 0.3) is 5.92 Å². The molecule has 32 heavy (non-hydrogen) atoms. The summed E-state index contributed by atoms with van der Waals surface area (Å²) in [5.74, 6) is -4.08. The van der Waals surface area contributed by atoms with Gasteiger partial charge < -0.3 is 20.1 Å². The molecule has 170 valence electrons. The molecule has 4 rings (SSSR count). The Morgan fingerprint density at radius 2 is 2.06 bits per heavy atom. The molecule has 0 amide bonds. The molecule has 2 N–H and O–H groups in total. The molecule has 1 aliphatic rings. The highest BCUT2D eigenvalue weighted by Crippen LogP contribution is 2.35. The zero-order valence-corrected chi connectivity index (χ0v) is 17.9. The van der Waals surface area contributed by atoms with E-state index in [1.54, 1.807) is 20.0 Å². The molecule has 0 saturated carbocycles. The van der Waals surface area contributed by atoms with Crippen molar-refractivity contribution in [2.45, 2.75) is 31.9 Å². The molecule has 0 radical (unpaired) electrons. The first-order valence-electron chi connectivity index (χ1n) is 10.2. The van der Waals surface area contributed by atoms with Crippen molar-refractivity contribution in [3.05, 3.63) is 53.1 Å². The second kappa shape index (κ2) is 8.51. The van der Waals surface area contributed by atoms with Crippen LogP contribution in [0.2, 0.25) is 0 Å². The Labute approximate surface area is 183 Å². The summed E-state index contributed by atoms with van der Waals surface area (Å²) in [6, 6.07) is 5.11. The molecular weight excluding hydrogens is 423 g/mol. The average molecular weight is 447 g/mol. The number of fused-ring (bicyclic) bond motifs is 1. The van der Waals surface area contributed by atoms with E-state index in [0.29, 0.717) is 35.5 Å². The number of aliphatic hydroxyl groups excluding tert-OH is 1. The van der Waals surface area contributed by atoms with E-state index < -0.39 is 30.0 Å². The zero-order valence-electron chi connectivity index (χ0n) is 17.9. The van der Waals surface area contributed by atoms with Crippen LogP contribution in [0.25, 0.3) is 10.9 Å². The summed E-state index contributed by atoms with van der Waals surface area (Å²) >= 11 is 0. The monoisotopic (exact) mass is 447 g/mol. The van der Waals surface area contributed by atoms with Gasteiger partial charge in [0.1, 0.15) is 12.4 Å². The van der Waals surface area contributed by atoms with Crippen LogP contribution in [0.1, 0.15) is 29.8 Å². The molecule has 1 atom stereocenters. The van der Waals surface area contributed by atoms with Crippen molar-refractivity contribution in [2.75, 3.05) is 37.0 Å². The molecule has 0 bridgehead atoms. The van der Waals surface area contributed by atoms with Gasteiger partial charge in [-0.3, -0.25) is 4.98 Å². The van der Waals surface area contributed by atoms with E-state index in [1.807, 2.05) is 11.0 Å². The van der Waals surface area contributed by atoms with Crippen molar-refractivity contribution >= 4 is 22.4 Å². The average Bonchev–Trinajstić information content (AvgIpc) is 2.73. The number of hydrogen-bond acceptors (Lipinski definition) is 7. The van der Waals surface area contributed by atoms with E-state index in [-0.39, 0.29) is 11.7 Å². The lowest BCUT2D eigenvalue weighted by molar-refractivity contribution is -0.0722. The summed E-state index contributed by atoms with van der Waals surface area (Å²) in [6.07, 6.45) is 1.34. The van der Waals surface area contributed by atoms with Crippen LogP contribution in [0.3, 0.4) is 0 Å². The lowest BCUT2D eigenvalue weighted by atomic mass is 10.00. The number of hydrogen-bond donors (Lipinski definition) is 2. The van der Waals surface area contributed by atoms with Crippen molar-refractivity contribution in [1.82, 2.24) is 15.2 Å². The summed E-state index contributed by atoms with van der Waals surface area (Å²) < 4.78 is 48.2. The van der Waals surface area contributed by atoms with Crippen LogP contribution >= 0.6 is 0 Å². The number of alkyl halides is 2. The van der Waals surface area contributed by atoms with Gasteiger partial charge >= 0.3 is 0 Å². The molecule has 0 spiro atoms. The number of aryl methyl sites for hydroxylation is 1. The minimum atomic E-state index is -3.45.